The number of hydrogen-bond donors (Lipinski definition) is 1. The second-order valence-corrected chi connectivity index (χ2v) is 6.40. The molecule has 0 radical (unpaired) electrons. The summed E-state index contributed by atoms with van der Waals surface area (Å²) in [7, 11) is 0. The molecule has 0 aliphatic carbocycles. The second-order valence-electron chi connectivity index (χ2n) is 6.40. The van der Waals surface area contributed by atoms with Crippen LogP contribution >= 0.6 is 0 Å². The molecule has 0 atom stereocenters. The molecule has 1 aliphatic rings. The lowest BCUT2D eigenvalue weighted by Crippen LogP contribution is -2.55. The van der Waals surface area contributed by atoms with E-state index in [1.807, 2.05) is 13.8 Å². The van der Waals surface area contributed by atoms with Crippen LogP contribution in [0.4, 0.5) is 8.78 Å². The zero-order valence-electron chi connectivity index (χ0n) is 14.7. The van der Waals surface area contributed by atoms with Crippen LogP contribution in [-0.4, -0.2) is 54.3 Å². The maximum Gasteiger partial charge on any atom is 0.254 e. The van der Waals surface area contributed by atoms with Crippen molar-refractivity contribution in [2.75, 3.05) is 32.7 Å². The van der Waals surface area contributed by atoms with E-state index in [9.17, 15) is 18.4 Å². The average Bonchev–Trinajstić information content (AvgIpc) is 2.65. The highest BCUT2D eigenvalue weighted by Crippen LogP contribution is 2.28. The van der Waals surface area contributed by atoms with Crippen molar-refractivity contribution < 1.29 is 18.4 Å². The van der Waals surface area contributed by atoms with Crippen LogP contribution in [0.15, 0.2) is 18.2 Å². The summed E-state index contributed by atoms with van der Waals surface area (Å²) >= 11 is 0. The molecule has 1 aliphatic heterocycles. The molecule has 1 heterocycles. The van der Waals surface area contributed by atoms with Crippen LogP contribution in [0.3, 0.4) is 0 Å². The second kappa shape index (κ2) is 7.91. The third kappa shape index (κ3) is 3.81. The molecule has 1 saturated heterocycles. The number of benzene rings is 1. The van der Waals surface area contributed by atoms with Gasteiger partial charge in [0, 0.05) is 38.3 Å². The molecule has 2 N–H and O–H groups in total. The molecule has 7 heteroatoms. The molecule has 2 amide bonds. The van der Waals surface area contributed by atoms with E-state index < -0.39 is 17.0 Å². The lowest BCUT2D eigenvalue weighted by atomic mass is 9.81. The normalized spacial score (nSPS) is 15.4. The number of amides is 2. The standard InChI is InChI=1S/C18H25F2N3O2/c1-3-18(4-2,12-21)17(25)23-9-7-22(8-10-23)16(24)13-5-6-14(19)15(20)11-13/h5-6,11H,3-4,7-10,12,21H2,1-2H3. The van der Waals surface area contributed by atoms with E-state index in [0.29, 0.717) is 45.6 Å². The van der Waals surface area contributed by atoms with Gasteiger partial charge >= 0.3 is 0 Å². The van der Waals surface area contributed by atoms with Crippen molar-refractivity contribution in [3.8, 4) is 0 Å². The minimum absolute atomic E-state index is 0.0277. The van der Waals surface area contributed by atoms with E-state index in [0.717, 1.165) is 12.1 Å². The first-order valence-electron chi connectivity index (χ1n) is 8.62. The molecule has 138 valence electrons. The highest BCUT2D eigenvalue weighted by molar-refractivity contribution is 5.94. The van der Waals surface area contributed by atoms with Gasteiger partial charge in [-0.2, -0.15) is 0 Å². The summed E-state index contributed by atoms with van der Waals surface area (Å²) in [6, 6.07) is 3.12. The molecule has 0 bridgehead atoms. The Morgan fingerprint density at radius 1 is 1.04 bits per heavy atom. The van der Waals surface area contributed by atoms with Crippen LogP contribution in [-0.2, 0) is 4.79 Å². The van der Waals surface area contributed by atoms with E-state index in [4.69, 9.17) is 5.73 Å². The molecule has 0 aromatic heterocycles. The molecule has 1 fully saturated rings. The first-order valence-corrected chi connectivity index (χ1v) is 8.62. The number of hydrogen-bond acceptors (Lipinski definition) is 3. The molecular weight excluding hydrogens is 328 g/mol. The van der Waals surface area contributed by atoms with Crippen molar-refractivity contribution in [2.45, 2.75) is 26.7 Å². The highest BCUT2D eigenvalue weighted by atomic mass is 19.2. The van der Waals surface area contributed by atoms with E-state index >= 15 is 0 Å². The van der Waals surface area contributed by atoms with Crippen molar-refractivity contribution in [1.82, 2.24) is 9.80 Å². The zero-order valence-corrected chi connectivity index (χ0v) is 14.7. The summed E-state index contributed by atoms with van der Waals surface area (Å²) in [5.41, 5.74) is 5.40. The van der Waals surface area contributed by atoms with E-state index in [1.165, 1.54) is 6.07 Å². The van der Waals surface area contributed by atoms with Crippen LogP contribution in [0.25, 0.3) is 0 Å². The Hall–Kier alpha value is -2.02. The molecule has 25 heavy (non-hydrogen) atoms. The summed E-state index contributed by atoms with van der Waals surface area (Å²) in [6.45, 7) is 5.75. The lowest BCUT2D eigenvalue weighted by Gasteiger charge is -2.40. The Morgan fingerprint density at radius 3 is 2.08 bits per heavy atom. The largest absolute Gasteiger partial charge is 0.339 e. The first-order chi connectivity index (χ1) is 11.9. The summed E-state index contributed by atoms with van der Waals surface area (Å²) in [5.74, 6) is -2.36. The third-order valence-electron chi connectivity index (χ3n) is 5.22. The van der Waals surface area contributed by atoms with Gasteiger partial charge in [0.2, 0.25) is 5.91 Å². The van der Waals surface area contributed by atoms with Gasteiger partial charge in [-0.25, -0.2) is 8.78 Å². The average molecular weight is 353 g/mol. The Labute approximate surface area is 146 Å². The van der Waals surface area contributed by atoms with Gasteiger partial charge in [0.15, 0.2) is 11.6 Å². The molecule has 1 aromatic rings. The summed E-state index contributed by atoms with van der Waals surface area (Å²) in [6.07, 6.45) is 1.35. The van der Waals surface area contributed by atoms with Gasteiger partial charge in [-0.3, -0.25) is 9.59 Å². The SMILES string of the molecule is CCC(CC)(CN)C(=O)N1CCN(C(=O)c2ccc(F)c(F)c2)CC1. The quantitative estimate of drug-likeness (QED) is 0.881. The van der Waals surface area contributed by atoms with Crippen molar-refractivity contribution in [1.29, 1.82) is 0 Å². The minimum atomic E-state index is -1.04. The monoisotopic (exact) mass is 353 g/mol. The summed E-state index contributed by atoms with van der Waals surface area (Å²) < 4.78 is 26.3. The van der Waals surface area contributed by atoms with Crippen LogP contribution in [0.1, 0.15) is 37.0 Å². The van der Waals surface area contributed by atoms with Gasteiger partial charge in [-0.05, 0) is 31.0 Å². The molecule has 0 unspecified atom stereocenters. The highest BCUT2D eigenvalue weighted by Gasteiger charge is 2.38. The molecular formula is C18H25F2N3O2. The van der Waals surface area contributed by atoms with E-state index in [1.54, 1.807) is 9.80 Å². The van der Waals surface area contributed by atoms with Crippen molar-refractivity contribution in [3.05, 3.63) is 35.4 Å². The van der Waals surface area contributed by atoms with Crippen molar-refractivity contribution in [2.24, 2.45) is 11.1 Å². The fourth-order valence-electron chi connectivity index (χ4n) is 3.19. The van der Waals surface area contributed by atoms with E-state index in [-0.39, 0.29) is 17.4 Å². The predicted octanol–water partition coefficient (Wildman–Crippen LogP) is 2.01. The number of nitrogens with zero attached hydrogens (tertiary/aromatic N) is 2. The van der Waals surface area contributed by atoms with Crippen LogP contribution in [0, 0.1) is 17.0 Å². The first kappa shape index (κ1) is 19.3. The van der Waals surface area contributed by atoms with Gasteiger partial charge in [-0.1, -0.05) is 13.8 Å². The summed E-state index contributed by atoms with van der Waals surface area (Å²) in [4.78, 5) is 28.5. The number of rotatable bonds is 5. The van der Waals surface area contributed by atoms with Gasteiger partial charge in [-0.15, -0.1) is 0 Å². The Kier molecular flexibility index (Phi) is 6.11. The lowest BCUT2D eigenvalue weighted by molar-refractivity contribution is -0.143. The number of halogens is 2. The predicted molar refractivity (Wildman–Crippen MR) is 90.9 cm³/mol. The molecule has 2 rings (SSSR count). The summed E-state index contributed by atoms with van der Waals surface area (Å²) in [5, 5.41) is 0. The molecule has 0 spiro atoms. The Morgan fingerprint density at radius 2 is 1.60 bits per heavy atom. The minimum Gasteiger partial charge on any atom is -0.339 e. The Balaban J connectivity index is 2.02. The Bertz CT molecular complexity index is 631. The van der Waals surface area contributed by atoms with Gasteiger partial charge in [0.1, 0.15) is 0 Å². The zero-order chi connectivity index (χ0) is 18.6. The fourth-order valence-corrected chi connectivity index (χ4v) is 3.19. The van der Waals surface area contributed by atoms with Crippen molar-refractivity contribution >= 4 is 11.8 Å². The van der Waals surface area contributed by atoms with Crippen LogP contribution in [0.2, 0.25) is 0 Å². The molecule has 1 aromatic carbocycles. The van der Waals surface area contributed by atoms with Crippen molar-refractivity contribution in [3.63, 3.8) is 0 Å². The van der Waals surface area contributed by atoms with Gasteiger partial charge in [0.05, 0.1) is 5.41 Å². The third-order valence-corrected chi connectivity index (χ3v) is 5.22. The topological polar surface area (TPSA) is 66.6 Å². The van der Waals surface area contributed by atoms with E-state index in [2.05, 4.69) is 0 Å². The van der Waals surface area contributed by atoms with Gasteiger partial charge in [0.25, 0.3) is 5.91 Å². The number of nitrogens with two attached hydrogens (primary N) is 1. The number of carbonyl (C=O) groups excluding carboxylic acids is 2. The van der Waals surface area contributed by atoms with Crippen LogP contribution < -0.4 is 5.73 Å². The smallest absolute Gasteiger partial charge is 0.254 e. The number of piperazine rings is 1. The molecule has 5 nitrogen and oxygen atoms in total. The number of carbonyl (C=O) groups is 2. The van der Waals surface area contributed by atoms with Crippen LogP contribution in [0.5, 0.6) is 0 Å². The van der Waals surface area contributed by atoms with Gasteiger partial charge < -0.3 is 15.5 Å². The molecule has 0 saturated carbocycles. The maximum atomic E-state index is 13.3. The fraction of sp³-hybridized carbons (Fsp3) is 0.556. The maximum absolute atomic E-state index is 13.3.